The van der Waals surface area contributed by atoms with Gasteiger partial charge in [-0.05, 0) is 12.1 Å². The topological polar surface area (TPSA) is 65.1 Å². The molecule has 0 aliphatic heterocycles. The lowest BCUT2D eigenvalue weighted by molar-refractivity contribution is 0.0947. The molecule has 0 saturated heterocycles. The van der Waals surface area contributed by atoms with Crippen LogP contribution >= 0.6 is 22.9 Å². The largest absolute Gasteiger partial charge is 0.395 e. The van der Waals surface area contributed by atoms with Crippen LogP contribution < -0.4 is 5.32 Å². The SMILES string of the molecule is O=C(NCc1cc(C#CCCO)cs1)c1cc(Cl)c[nH]1. The van der Waals surface area contributed by atoms with Gasteiger partial charge in [-0.25, -0.2) is 0 Å². The zero-order valence-electron chi connectivity index (χ0n) is 10.6. The Morgan fingerprint density at radius 3 is 3.05 bits per heavy atom. The number of H-pyrrole nitrogens is 1. The predicted molar refractivity (Wildman–Crippen MR) is 79.9 cm³/mol. The van der Waals surface area contributed by atoms with Gasteiger partial charge in [0.25, 0.3) is 5.91 Å². The van der Waals surface area contributed by atoms with Crippen molar-refractivity contribution >= 4 is 28.8 Å². The number of carbonyl (C=O) groups excluding carboxylic acids is 1. The van der Waals surface area contributed by atoms with Crippen molar-refractivity contribution in [1.82, 2.24) is 10.3 Å². The van der Waals surface area contributed by atoms with Gasteiger partial charge in [-0.15, -0.1) is 11.3 Å². The first-order valence-electron chi connectivity index (χ1n) is 5.98. The second-order valence-corrected chi connectivity index (χ2v) is 5.42. The summed E-state index contributed by atoms with van der Waals surface area (Å²) < 4.78 is 0. The van der Waals surface area contributed by atoms with Gasteiger partial charge in [-0.2, -0.15) is 0 Å². The number of thiophene rings is 1. The van der Waals surface area contributed by atoms with Crippen molar-refractivity contribution in [2.75, 3.05) is 6.61 Å². The quantitative estimate of drug-likeness (QED) is 0.759. The van der Waals surface area contributed by atoms with Crippen LogP contribution in [0, 0.1) is 11.8 Å². The van der Waals surface area contributed by atoms with Crippen LogP contribution in [-0.2, 0) is 6.54 Å². The Kier molecular flexibility index (Phi) is 5.24. The molecule has 0 unspecified atom stereocenters. The van der Waals surface area contributed by atoms with Crippen molar-refractivity contribution in [3.63, 3.8) is 0 Å². The zero-order chi connectivity index (χ0) is 14.4. The first kappa shape index (κ1) is 14.7. The van der Waals surface area contributed by atoms with E-state index in [1.807, 2.05) is 11.4 Å². The molecule has 0 atom stereocenters. The zero-order valence-corrected chi connectivity index (χ0v) is 12.1. The molecule has 2 heterocycles. The van der Waals surface area contributed by atoms with Crippen molar-refractivity contribution in [1.29, 1.82) is 0 Å². The number of halogens is 1. The van der Waals surface area contributed by atoms with Crippen molar-refractivity contribution in [3.05, 3.63) is 44.9 Å². The maximum atomic E-state index is 11.8. The van der Waals surface area contributed by atoms with Crippen LogP contribution in [0.15, 0.2) is 23.7 Å². The summed E-state index contributed by atoms with van der Waals surface area (Å²) >= 11 is 7.28. The van der Waals surface area contributed by atoms with Gasteiger partial charge >= 0.3 is 0 Å². The van der Waals surface area contributed by atoms with E-state index in [4.69, 9.17) is 16.7 Å². The van der Waals surface area contributed by atoms with E-state index in [9.17, 15) is 4.79 Å². The van der Waals surface area contributed by atoms with Crippen molar-refractivity contribution in [2.45, 2.75) is 13.0 Å². The number of aromatic nitrogens is 1. The van der Waals surface area contributed by atoms with E-state index < -0.39 is 0 Å². The molecular formula is C14H13ClN2O2S. The van der Waals surface area contributed by atoms with Crippen LogP contribution in [0.1, 0.15) is 27.3 Å². The lowest BCUT2D eigenvalue weighted by atomic mass is 10.3. The number of hydrogen-bond donors (Lipinski definition) is 3. The fourth-order valence-corrected chi connectivity index (χ4v) is 2.44. The highest BCUT2D eigenvalue weighted by Crippen LogP contribution is 2.14. The van der Waals surface area contributed by atoms with Gasteiger partial charge in [0.05, 0.1) is 18.2 Å². The first-order valence-corrected chi connectivity index (χ1v) is 7.24. The Morgan fingerprint density at radius 2 is 2.35 bits per heavy atom. The number of aliphatic hydroxyl groups is 1. The lowest BCUT2D eigenvalue weighted by Gasteiger charge is -2.00. The summed E-state index contributed by atoms with van der Waals surface area (Å²) in [4.78, 5) is 15.6. The summed E-state index contributed by atoms with van der Waals surface area (Å²) in [7, 11) is 0. The van der Waals surface area contributed by atoms with Gasteiger partial charge in [0.1, 0.15) is 5.69 Å². The molecule has 0 aliphatic rings. The first-order chi connectivity index (χ1) is 9.69. The van der Waals surface area contributed by atoms with Gasteiger partial charge in [0.15, 0.2) is 0 Å². The summed E-state index contributed by atoms with van der Waals surface area (Å²) in [6.45, 7) is 0.514. The average molecular weight is 309 g/mol. The minimum Gasteiger partial charge on any atom is -0.395 e. The van der Waals surface area contributed by atoms with E-state index in [-0.39, 0.29) is 12.5 Å². The highest BCUT2D eigenvalue weighted by atomic mass is 35.5. The molecule has 2 aromatic heterocycles. The molecule has 2 aromatic rings. The Balaban J connectivity index is 1.88. The molecule has 4 nitrogen and oxygen atoms in total. The summed E-state index contributed by atoms with van der Waals surface area (Å²) in [6, 6.07) is 3.51. The number of rotatable bonds is 4. The predicted octanol–water partition coefficient (Wildman–Crippen LogP) is 2.39. The fraction of sp³-hybridized carbons (Fsp3) is 0.214. The van der Waals surface area contributed by atoms with Crippen LogP contribution in [0.2, 0.25) is 5.02 Å². The maximum absolute atomic E-state index is 11.8. The van der Waals surface area contributed by atoms with Crippen LogP contribution in [-0.4, -0.2) is 22.6 Å². The third-order valence-electron chi connectivity index (χ3n) is 2.44. The number of nitrogens with one attached hydrogen (secondary N) is 2. The molecule has 0 aromatic carbocycles. The fourth-order valence-electron chi connectivity index (χ4n) is 1.52. The molecule has 104 valence electrons. The van der Waals surface area contributed by atoms with E-state index in [0.29, 0.717) is 23.7 Å². The van der Waals surface area contributed by atoms with E-state index in [1.54, 1.807) is 12.3 Å². The number of carbonyl (C=O) groups is 1. The second kappa shape index (κ2) is 7.15. The van der Waals surface area contributed by atoms with Crippen molar-refractivity contribution in [2.24, 2.45) is 0 Å². The summed E-state index contributed by atoms with van der Waals surface area (Å²) in [5.74, 6) is 5.61. The highest BCUT2D eigenvalue weighted by Gasteiger charge is 2.08. The molecule has 20 heavy (non-hydrogen) atoms. The Morgan fingerprint density at radius 1 is 1.50 bits per heavy atom. The lowest BCUT2D eigenvalue weighted by Crippen LogP contribution is -2.22. The van der Waals surface area contributed by atoms with E-state index >= 15 is 0 Å². The van der Waals surface area contributed by atoms with Crippen LogP contribution in [0.5, 0.6) is 0 Å². The van der Waals surface area contributed by atoms with Crippen LogP contribution in [0.4, 0.5) is 0 Å². The van der Waals surface area contributed by atoms with Gasteiger partial charge in [0, 0.05) is 28.4 Å². The molecule has 0 saturated carbocycles. The number of amides is 1. The highest BCUT2D eigenvalue weighted by molar-refractivity contribution is 7.10. The molecule has 2 rings (SSSR count). The smallest absolute Gasteiger partial charge is 0.268 e. The maximum Gasteiger partial charge on any atom is 0.268 e. The molecule has 3 N–H and O–H groups in total. The van der Waals surface area contributed by atoms with Crippen LogP contribution in [0.25, 0.3) is 0 Å². The number of aliphatic hydroxyl groups excluding tert-OH is 1. The minimum atomic E-state index is -0.196. The second-order valence-electron chi connectivity index (χ2n) is 3.99. The molecule has 0 bridgehead atoms. The van der Waals surface area contributed by atoms with Crippen molar-refractivity contribution in [3.8, 4) is 11.8 Å². The summed E-state index contributed by atoms with van der Waals surface area (Å²) in [6.07, 6.45) is 2.03. The third-order valence-corrected chi connectivity index (χ3v) is 3.59. The van der Waals surface area contributed by atoms with E-state index in [1.165, 1.54) is 11.3 Å². The third kappa shape index (κ3) is 4.14. The summed E-state index contributed by atoms with van der Waals surface area (Å²) in [5, 5.41) is 13.9. The minimum absolute atomic E-state index is 0.0682. The molecule has 0 aliphatic carbocycles. The monoisotopic (exact) mass is 308 g/mol. The Bertz CT molecular complexity index is 651. The van der Waals surface area contributed by atoms with Crippen molar-refractivity contribution < 1.29 is 9.90 Å². The normalized spacial score (nSPS) is 9.90. The Hall–Kier alpha value is -1.74. The number of aromatic amines is 1. The standard InChI is InChI=1S/C14H13ClN2O2S/c15-11-6-13(16-7-11)14(19)17-8-12-5-10(9-20-12)3-1-2-4-18/h5-7,9,16,18H,2,4,8H2,(H,17,19). The van der Waals surface area contributed by atoms with Gasteiger partial charge in [-0.1, -0.05) is 23.4 Å². The molecule has 0 radical (unpaired) electrons. The van der Waals surface area contributed by atoms with E-state index in [2.05, 4.69) is 22.1 Å². The summed E-state index contributed by atoms with van der Waals surface area (Å²) in [5.41, 5.74) is 1.34. The van der Waals surface area contributed by atoms with Gasteiger partial charge in [0.2, 0.25) is 0 Å². The molecule has 6 heteroatoms. The van der Waals surface area contributed by atoms with E-state index in [0.717, 1.165) is 10.4 Å². The molecule has 0 spiro atoms. The molecular weight excluding hydrogens is 296 g/mol. The molecule has 0 fully saturated rings. The molecule has 1 amide bonds. The Labute approximate surface area is 125 Å². The average Bonchev–Trinajstić information content (AvgIpc) is 3.05. The van der Waals surface area contributed by atoms with Gasteiger partial charge < -0.3 is 15.4 Å². The number of hydrogen-bond acceptors (Lipinski definition) is 3. The van der Waals surface area contributed by atoms with Gasteiger partial charge in [-0.3, -0.25) is 4.79 Å². The van der Waals surface area contributed by atoms with Crippen LogP contribution in [0.3, 0.4) is 0 Å².